The number of nitrogens with zero attached hydrogens (tertiary/aromatic N) is 2. The summed E-state index contributed by atoms with van der Waals surface area (Å²) in [7, 11) is 1.38. The number of rotatable bonds is 14. The van der Waals surface area contributed by atoms with Crippen LogP contribution in [0.15, 0.2) is 42.5 Å². The summed E-state index contributed by atoms with van der Waals surface area (Å²) in [5.41, 5.74) is 2.66. The zero-order valence-electron chi connectivity index (χ0n) is 22.7. The maximum atomic E-state index is 14.0. The minimum absolute atomic E-state index is 0.118. The molecule has 216 valence electrons. The van der Waals surface area contributed by atoms with Crippen LogP contribution < -0.4 is 10.1 Å². The van der Waals surface area contributed by atoms with Crippen LogP contribution in [0.5, 0.6) is 5.75 Å². The van der Waals surface area contributed by atoms with Crippen molar-refractivity contribution in [3.8, 4) is 11.4 Å². The van der Waals surface area contributed by atoms with Crippen LogP contribution in [0.2, 0.25) is 0 Å². The third-order valence-electron chi connectivity index (χ3n) is 6.47. The molecule has 0 bridgehead atoms. The van der Waals surface area contributed by atoms with Gasteiger partial charge in [-0.1, -0.05) is 19.9 Å². The van der Waals surface area contributed by atoms with Gasteiger partial charge in [0.2, 0.25) is 0 Å². The van der Waals surface area contributed by atoms with Gasteiger partial charge in [0.15, 0.2) is 17.3 Å². The lowest BCUT2D eigenvalue weighted by atomic mass is 9.95. The minimum Gasteiger partial charge on any atom is -0.494 e. The monoisotopic (exact) mass is 559 g/mol. The standard InChI is InChI=1S/C29H35F2N3O6/c1-17(2)27-24(10-9-21(35)15-22(36)16-26(37)38)34(20-7-5-19(30)6-8-20)33-28(27)29(39)32-13-12-18-4-11-25(40-3)23(31)14-18/h4-8,11,14,17,21-22,35-36H,9-10,12-13,15-16H2,1-3H3,(H,32,39)(H,37,38). The molecule has 0 aliphatic heterocycles. The van der Waals surface area contributed by atoms with E-state index in [4.69, 9.17) is 9.84 Å². The number of benzene rings is 2. The van der Waals surface area contributed by atoms with Gasteiger partial charge in [0.1, 0.15) is 5.82 Å². The van der Waals surface area contributed by atoms with E-state index in [0.29, 0.717) is 28.9 Å². The molecule has 0 aliphatic carbocycles. The molecule has 0 aliphatic rings. The number of aliphatic hydroxyl groups excluding tert-OH is 2. The fraction of sp³-hybridized carbons (Fsp3) is 0.414. The highest BCUT2D eigenvalue weighted by Crippen LogP contribution is 2.28. The number of carboxylic acids is 1. The highest BCUT2D eigenvalue weighted by Gasteiger charge is 2.26. The van der Waals surface area contributed by atoms with E-state index in [2.05, 4.69) is 10.4 Å². The second-order valence-corrected chi connectivity index (χ2v) is 9.91. The van der Waals surface area contributed by atoms with E-state index >= 15 is 0 Å². The van der Waals surface area contributed by atoms with Crippen molar-refractivity contribution in [1.29, 1.82) is 0 Å². The number of ether oxygens (including phenoxy) is 1. The lowest BCUT2D eigenvalue weighted by molar-refractivity contribution is -0.139. The number of nitrogens with one attached hydrogen (secondary N) is 1. The normalized spacial score (nSPS) is 12.8. The predicted molar refractivity (Wildman–Crippen MR) is 144 cm³/mol. The molecule has 0 spiro atoms. The van der Waals surface area contributed by atoms with Crippen molar-refractivity contribution in [2.75, 3.05) is 13.7 Å². The van der Waals surface area contributed by atoms with Gasteiger partial charge in [-0.3, -0.25) is 9.59 Å². The molecule has 2 unspecified atom stereocenters. The van der Waals surface area contributed by atoms with Crippen LogP contribution >= 0.6 is 0 Å². The van der Waals surface area contributed by atoms with Crippen LogP contribution in [-0.2, 0) is 17.6 Å². The van der Waals surface area contributed by atoms with Crippen molar-refractivity contribution in [1.82, 2.24) is 15.1 Å². The van der Waals surface area contributed by atoms with E-state index in [0.717, 1.165) is 0 Å². The number of aromatic nitrogens is 2. The molecule has 1 amide bonds. The van der Waals surface area contributed by atoms with Crippen molar-refractivity contribution in [2.45, 2.75) is 64.1 Å². The Morgan fingerprint density at radius 2 is 1.75 bits per heavy atom. The molecule has 1 heterocycles. The van der Waals surface area contributed by atoms with E-state index in [1.165, 1.54) is 43.5 Å². The summed E-state index contributed by atoms with van der Waals surface area (Å²) in [6.45, 7) is 4.03. The molecule has 3 aromatic rings. The predicted octanol–water partition coefficient (Wildman–Crippen LogP) is 3.77. The average Bonchev–Trinajstić information content (AvgIpc) is 3.27. The van der Waals surface area contributed by atoms with Gasteiger partial charge in [0.25, 0.3) is 5.91 Å². The van der Waals surface area contributed by atoms with Gasteiger partial charge in [-0.2, -0.15) is 5.10 Å². The summed E-state index contributed by atoms with van der Waals surface area (Å²) in [4.78, 5) is 24.1. The number of methoxy groups -OCH3 is 1. The second-order valence-electron chi connectivity index (χ2n) is 9.91. The SMILES string of the molecule is COc1ccc(CCNC(=O)c2nn(-c3ccc(F)cc3)c(CCC(O)CC(O)CC(=O)O)c2C(C)C)cc1F. The smallest absolute Gasteiger partial charge is 0.305 e. The number of aliphatic carboxylic acids is 1. The summed E-state index contributed by atoms with van der Waals surface area (Å²) in [6, 6.07) is 10.2. The van der Waals surface area contributed by atoms with Crippen LogP contribution in [0.25, 0.3) is 5.69 Å². The van der Waals surface area contributed by atoms with Gasteiger partial charge in [-0.25, -0.2) is 13.5 Å². The zero-order chi connectivity index (χ0) is 29.4. The van der Waals surface area contributed by atoms with Gasteiger partial charge in [-0.15, -0.1) is 0 Å². The number of hydrogen-bond acceptors (Lipinski definition) is 6. The topological polar surface area (TPSA) is 134 Å². The Kier molecular flexibility index (Phi) is 10.7. The number of halogens is 2. The van der Waals surface area contributed by atoms with Gasteiger partial charge >= 0.3 is 5.97 Å². The van der Waals surface area contributed by atoms with Crippen molar-refractivity contribution in [3.05, 3.63) is 76.6 Å². The third-order valence-corrected chi connectivity index (χ3v) is 6.47. The molecule has 3 rings (SSSR count). The van der Waals surface area contributed by atoms with Crippen LogP contribution in [0.1, 0.15) is 66.3 Å². The lowest BCUT2D eigenvalue weighted by Crippen LogP contribution is -2.27. The molecule has 0 fully saturated rings. The van der Waals surface area contributed by atoms with Crippen molar-refractivity contribution < 1.29 is 38.4 Å². The quantitative estimate of drug-likeness (QED) is 0.236. The Bertz CT molecular complexity index is 1310. The number of amides is 1. The fourth-order valence-corrected chi connectivity index (χ4v) is 4.57. The van der Waals surface area contributed by atoms with Crippen molar-refractivity contribution in [3.63, 3.8) is 0 Å². The van der Waals surface area contributed by atoms with Gasteiger partial charge in [0.05, 0.1) is 31.4 Å². The maximum Gasteiger partial charge on any atom is 0.305 e. The van der Waals surface area contributed by atoms with E-state index < -0.39 is 42.1 Å². The molecular weight excluding hydrogens is 524 g/mol. The first-order valence-corrected chi connectivity index (χ1v) is 13.1. The summed E-state index contributed by atoms with van der Waals surface area (Å²) in [5, 5.41) is 36.6. The number of carbonyl (C=O) groups is 2. The molecule has 9 nitrogen and oxygen atoms in total. The van der Waals surface area contributed by atoms with Crippen LogP contribution in [0.4, 0.5) is 8.78 Å². The first-order chi connectivity index (χ1) is 19.0. The van der Waals surface area contributed by atoms with Gasteiger partial charge < -0.3 is 25.4 Å². The highest BCUT2D eigenvalue weighted by molar-refractivity contribution is 5.94. The Morgan fingerprint density at radius 1 is 1.05 bits per heavy atom. The zero-order valence-corrected chi connectivity index (χ0v) is 22.7. The molecule has 40 heavy (non-hydrogen) atoms. The first kappa shape index (κ1) is 30.7. The Hall–Kier alpha value is -3.83. The van der Waals surface area contributed by atoms with Crippen molar-refractivity contribution in [2.24, 2.45) is 0 Å². The summed E-state index contributed by atoms with van der Waals surface area (Å²) in [6.07, 6.45) is -1.97. The van der Waals surface area contributed by atoms with Gasteiger partial charge in [-0.05, 0) is 73.6 Å². The van der Waals surface area contributed by atoms with Gasteiger partial charge in [0, 0.05) is 17.8 Å². The van der Waals surface area contributed by atoms with Crippen LogP contribution in [-0.4, -0.2) is 62.8 Å². The average molecular weight is 560 g/mol. The molecule has 0 radical (unpaired) electrons. The Morgan fingerprint density at radius 3 is 2.35 bits per heavy atom. The van der Waals surface area contributed by atoms with Crippen LogP contribution in [0, 0.1) is 11.6 Å². The highest BCUT2D eigenvalue weighted by atomic mass is 19.1. The molecule has 0 saturated carbocycles. The largest absolute Gasteiger partial charge is 0.494 e. The number of aliphatic hydroxyl groups is 2. The summed E-state index contributed by atoms with van der Waals surface area (Å²) >= 11 is 0. The minimum atomic E-state index is -1.19. The van der Waals surface area contributed by atoms with E-state index in [9.17, 15) is 28.6 Å². The molecule has 2 atom stereocenters. The molecule has 2 aromatic carbocycles. The molecule has 11 heteroatoms. The maximum absolute atomic E-state index is 14.0. The van der Waals surface area contributed by atoms with E-state index in [1.807, 2.05) is 13.8 Å². The summed E-state index contributed by atoms with van der Waals surface area (Å²) < 4.78 is 34.1. The second kappa shape index (κ2) is 14.0. The number of carboxylic acid groups (broad SMARTS) is 1. The van der Waals surface area contributed by atoms with Crippen LogP contribution in [0.3, 0.4) is 0 Å². The third kappa shape index (κ3) is 8.09. The van der Waals surface area contributed by atoms with E-state index in [1.54, 1.807) is 10.7 Å². The van der Waals surface area contributed by atoms with Crippen molar-refractivity contribution >= 4 is 11.9 Å². The fourth-order valence-electron chi connectivity index (χ4n) is 4.57. The Labute approximate surface area is 231 Å². The number of hydrogen-bond donors (Lipinski definition) is 4. The molecule has 1 aromatic heterocycles. The lowest BCUT2D eigenvalue weighted by Gasteiger charge is -2.16. The Balaban J connectivity index is 1.84. The number of carbonyl (C=O) groups excluding carboxylic acids is 1. The summed E-state index contributed by atoms with van der Waals surface area (Å²) in [5.74, 6) is -2.53. The first-order valence-electron chi connectivity index (χ1n) is 13.1. The van der Waals surface area contributed by atoms with E-state index in [-0.39, 0.29) is 43.2 Å². The molecular formula is C29H35F2N3O6. The molecule has 0 saturated heterocycles. The molecule has 4 N–H and O–H groups in total.